The first-order valence-electron chi connectivity index (χ1n) is 8.89. The number of carbonyl (C=O) groups is 2. The van der Waals surface area contributed by atoms with Gasteiger partial charge in [0.05, 0.1) is 5.52 Å². The van der Waals surface area contributed by atoms with Crippen molar-refractivity contribution in [2.24, 2.45) is 11.5 Å². The van der Waals surface area contributed by atoms with Crippen LogP contribution >= 0.6 is 15.9 Å². The molecule has 1 aromatic carbocycles. The fraction of sp³-hybridized carbons (Fsp3) is 0.263. The van der Waals surface area contributed by atoms with Crippen molar-refractivity contribution in [2.75, 3.05) is 5.32 Å². The number of nitrogens with two attached hydrogens (primary N) is 2. The Bertz CT molecular complexity index is 1070. The van der Waals surface area contributed by atoms with E-state index in [0.29, 0.717) is 21.3 Å². The summed E-state index contributed by atoms with van der Waals surface area (Å²) in [5, 5.41) is 7.76. The Morgan fingerprint density at radius 1 is 1.21 bits per heavy atom. The van der Waals surface area contributed by atoms with Crippen LogP contribution < -0.4 is 16.8 Å². The van der Waals surface area contributed by atoms with Crippen LogP contribution in [0.1, 0.15) is 34.8 Å². The molecule has 2 heterocycles. The van der Waals surface area contributed by atoms with Crippen LogP contribution in [0, 0.1) is 0 Å². The number of nitrogens with one attached hydrogen (secondary N) is 1. The smallest absolute Gasteiger partial charge is 0.269 e. The van der Waals surface area contributed by atoms with Gasteiger partial charge in [0.25, 0.3) is 5.91 Å². The highest BCUT2D eigenvalue weighted by atomic mass is 79.9. The van der Waals surface area contributed by atoms with E-state index in [9.17, 15) is 9.59 Å². The number of amides is 2. The molecule has 144 valence electrons. The minimum absolute atomic E-state index is 0.0639. The summed E-state index contributed by atoms with van der Waals surface area (Å²) in [6, 6.07) is 11.1. The molecule has 1 fully saturated rings. The topological polar surface area (TPSA) is 129 Å². The molecule has 0 aliphatic heterocycles. The molecule has 0 atom stereocenters. The number of aromatic nitrogens is 3. The third-order valence-electron chi connectivity index (χ3n) is 4.93. The van der Waals surface area contributed by atoms with E-state index in [1.165, 1.54) is 4.68 Å². The maximum atomic E-state index is 12.5. The molecule has 1 saturated carbocycles. The highest BCUT2D eigenvalue weighted by Crippen LogP contribution is 2.40. The Hall–Kier alpha value is -2.78. The van der Waals surface area contributed by atoms with Crippen LogP contribution in [0.15, 0.2) is 41.0 Å². The molecule has 0 spiro atoms. The fourth-order valence-corrected chi connectivity index (χ4v) is 3.94. The van der Waals surface area contributed by atoms with E-state index in [4.69, 9.17) is 11.5 Å². The second-order valence-corrected chi connectivity index (χ2v) is 7.75. The monoisotopic (exact) mass is 442 g/mol. The molecular formula is C19H19BrN6O2. The Morgan fingerprint density at radius 3 is 2.64 bits per heavy atom. The van der Waals surface area contributed by atoms with E-state index < -0.39 is 5.91 Å². The van der Waals surface area contributed by atoms with E-state index in [1.807, 2.05) is 18.2 Å². The van der Waals surface area contributed by atoms with Gasteiger partial charge >= 0.3 is 0 Å². The van der Waals surface area contributed by atoms with E-state index >= 15 is 0 Å². The number of carbonyl (C=O) groups excluding carboxylic acids is 2. The summed E-state index contributed by atoms with van der Waals surface area (Å²) in [7, 11) is 0. The third kappa shape index (κ3) is 3.50. The summed E-state index contributed by atoms with van der Waals surface area (Å²) in [6.07, 6.45) is 1.72. The van der Waals surface area contributed by atoms with Crippen LogP contribution in [0.3, 0.4) is 0 Å². The Morgan fingerprint density at radius 2 is 1.96 bits per heavy atom. The van der Waals surface area contributed by atoms with Gasteiger partial charge in [-0.1, -0.05) is 18.2 Å². The van der Waals surface area contributed by atoms with E-state index in [2.05, 4.69) is 31.3 Å². The van der Waals surface area contributed by atoms with Gasteiger partial charge in [0, 0.05) is 11.4 Å². The van der Waals surface area contributed by atoms with Gasteiger partial charge in [-0.3, -0.25) is 14.3 Å². The number of hydrogen-bond donors (Lipinski definition) is 3. The number of fused-ring (bicyclic) bond motifs is 1. The van der Waals surface area contributed by atoms with Crippen molar-refractivity contribution in [3.8, 4) is 0 Å². The van der Waals surface area contributed by atoms with E-state index in [0.717, 1.165) is 18.4 Å². The molecule has 1 aliphatic rings. The van der Waals surface area contributed by atoms with Gasteiger partial charge in [-0.05, 0) is 58.5 Å². The first-order chi connectivity index (χ1) is 13.4. The van der Waals surface area contributed by atoms with Gasteiger partial charge in [0.15, 0.2) is 5.69 Å². The summed E-state index contributed by atoms with van der Waals surface area (Å²) in [4.78, 5) is 28.7. The normalized spacial score (nSPS) is 18.6. The Labute approximate surface area is 169 Å². The second-order valence-electron chi connectivity index (χ2n) is 6.93. The standard InChI is InChI=1S/C19H19BrN6O2/c20-14-5-2-6-15(23-14)24-16(27)9-26-13-4-1-3-12(10-7-11(21)8-10)17(13)18(25-26)19(22)28/h1-6,10-11H,7-9,21H2,(H2,22,28)(H,23,24,27). The minimum atomic E-state index is -0.617. The number of anilines is 1. The summed E-state index contributed by atoms with van der Waals surface area (Å²) in [5.74, 6) is -0.222. The van der Waals surface area contributed by atoms with Crippen LogP contribution in [0.2, 0.25) is 0 Å². The van der Waals surface area contributed by atoms with Crippen LogP contribution in [0.5, 0.6) is 0 Å². The van der Waals surface area contributed by atoms with Crippen LogP contribution in [0.4, 0.5) is 5.82 Å². The number of nitrogens with zero attached hydrogens (tertiary/aromatic N) is 3. The zero-order valence-electron chi connectivity index (χ0n) is 14.9. The molecule has 8 nitrogen and oxygen atoms in total. The lowest BCUT2D eigenvalue weighted by Crippen LogP contribution is -2.34. The molecule has 3 aromatic rings. The fourth-order valence-electron chi connectivity index (χ4n) is 3.60. The maximum Gasteiger partial charge on any atom is 0.269 e. The largest absolute Gasteiger partial charge is 0.364 e. The molecule has 0 bridgehead atoms. The molecule has 5 N–H and O–H groups in total. The maximum absolute atomic E-state index is 12.5. The number of pyridine rings is 1. The first-order valence-corrected chi connectivity index (χ1v) is 9.69. The highest BCUT2D eigenvalue weighted by Gasteiger charge is 2.31. The lowest BCUT2D eigenvalue weighted by Gasteiger charge is -2.33. The number of hydrogen-bond acceptors (Lipinski definition) is 5. The minimum Gasteiger partial charge on any atom is -0.364 e. The van der Waals surface area contributed by atoms with Crippen molar-refractivity contribution in [1.82, 2.24) is 14.8 Å². The number of primary amides is 1. The molecule has 28 heavy (non-hydrogen) atoms. The first kappa shape index (κ1) is 18.6. The molecule has 4 rings (SSSR count). The van der Waals surface area contributed by atoms with Gasteiger partial charge in [0.2, 0.25) is 5.91 Å². The summed E-state index contributed by atoms with van der Waals surface area (Å²) < 4.78 is 2.12. The van der Waals surface area contributed by atoms with E-state index in [1.54, 1.807) is 18.2 Å². The molecule has 1 aliphatic carbocycles. The number of rotatable bonds is 5. The van der Waals surface area contributed by atoms with Crippen molar-refractivity contribution >= 4 is 44.5 Å². The molecule has 0 radical (unpaired) electrons. The van der Waals surface area contributed by atoms with Crippen molar-refractivity contribution in [1.29, 1.82) is 0 Å². The lowest BCUT2D eigenvalue weighted by molar-refractivity contribution is -0.116. The van der Waals surface area contributed by atoms with Gasteiger partial charge in [-0.2, -0.15) is 5.10 Å². The number of halogens is 1. The number of benzene rings is 1. The Kier molecular flexibility index (Phi) is 4.86. The Balaban J connectivity index is 1.66. The van der Waals surface area contributed by atoms with Gasteiger partial charge in [0.1, 0.15) is 17.0 Å². The average Bonchev–Trinajstić information content (AvgIpc) is 2.98. The van der Waals surface area contributed by atoms with Crippen molar-refractivity contribution in [3.05, 3.63) is 52.3 Å². The molecule has 0 saturated heterocycles. The van der Waals surface area contributed by atoms with Gasteiger partial charge in [-0.15, -0.1) is 0 Å². The zero-order chi connectivity index (χ0) is 19.8. The van der Waals surface area contributed by atoms with Crippen molar-refractivity contribution in [3.63, 3.8) is 0 Å². The predicted molar refractivity (Wildman–Crippen MR) is 109 cm³/mol. The van der Waals surface area contributed by atoms with Gasteiger partial charge in [-0.25, -0.2) is 4.98 Å². The predicted octanol–water partition coefficient (Wildman–Crippen LogP) is 2.14. The van der Waals surface area contributed by atoms with Gasteiger partial charge < -0.3 is 16.8 Å². The van der Waals surface area contributed by atoms with Crippen molar-refractivity contribution < 1.29 is 9.59 Å². The van der Waals surface area contributed by atoms with Crippen LogP contribution in [-0.4, -0.2) is 32.6 Å². The van der Waals surface area contributed by atoms with E-state index in [-0.39, 0.29) is 30.1 Å². The molecule has 0 unspecified atom stereocenters. The van der Waals surface area contributed by atoms with Crippen LogP contribution in [-0.2, 0) is 11.3 Å². The summed E-state index contributed by atoms with van der Waals surface area (Å²) in [6.45, 7) is -0.0639. The molecule has 2 aromatic heterocycles. The third-order valence-corrected chi connectivity index (χ3v) is 5.38. The zero-order valence-corrected chi connectivity index (χ0v) is 16.5. The summed E-state index contributed by atoms with van der Waals surface area (Å²) in [5.41, 5.74) is 13.4. The molecular weight excluding hydrogens is 424 g/mol. The second kappa shape index (κ2) is 7.33. The highest BCUT2D eigenvalue weighted by molar-refractivity contribution is 9.10. The van der Waals surface area contributed by atoms with Crippen LogP contribution in [0.25, 0.3) is 10.9 Å². The summed E-state index contributed by atoms with van der Waals surface area (Å²) >= 11 is 3.27. The molecule has 2 amide bonds. The molecule has 9 heteroatoms. The SMILES string of the molecule is NC(=O)c1nn(CC(=O)Nc2cccc(Br)n2)c2cccc(C3CC(N)C3)c12. The lowest BCUT2D eigenvalue weighted by atomic mass is 9.75. The quantitative estimate of drug-likeness (QED) is 0.521. The van der Waals surface area contributed by atoms with Crippen molar-refractivity contribution in [2.45, 2.75) is 31.3 Å². The average molecular weight is 443 g/mol.